The fourth-order valence-corrected chi connectivity index (χ4v) is 1.93. The van der Waals surface area contributed by atoms with Gasteiger partial charge in [0.1, 0.15) is 0 Å². The highest BCUT2D eigenvalue weighted by Gasteiger charge is 2.08. The summed E-state index contributed by atoms with van der Waals surface area (Å²) in [4.78, 5) is 0.0497. The molecule has 2 rings (SSSR count). The first-order valence-electron chi connectivity index (χ1n) is 4.20. The van der Waals surface area contributed by atoms with Gasteiger partial charge in [0.25, 0.3) is 0 Å². The van der Waals surface area contributed by atoms with Gasteiger partial charge in [-0.1, -0.05) is 12.1 Å². The number of hydrogen-bond donors (Lipinski definition) is 1. The second-order valence-electron chi connectivity index (χ2n) is 3.22. The number of benzene rings is 2. The molecule has 0 spiro atoms. The van der Waals surface area contributed by atoms with Gasteiger partial charge in [-0.2, -0.15) is 0 Å². The molecule has 1 radical (unpaired) electrons. The molecule has 0 amide bonds. The number of sulfonamides is 1. The van der Waals surface area contributed by atoms with Crippen LogP contribution in [0.15, 0.2) is 41.3 Å². The maximum atomic E-state index is 11.1. The van der Waals surface area contributed by atoms with Crippen LogP contribution in [0.3, 0.4) is 0 Å². The molecule has 0 saturated carbocycles. The average molecular weight is 222 g/mol. The zero-order valence-electron chi connectivity index (χ0n) is 7.67. The summed E-state index contributed by atoms with van der Waals surface area (Å²) in [5.41, 5.74) is 0. The lowest BCUT2D eigenvalue weighted by molar-refractivity contribution is 0.355. The van der Waals surface area contributed by atoms with Crippen LogP contribution in [0.1, 0.15) is 0 Å². The molecule has 0 saturated heterocycles. The van der Waals surface area contributed by atoms with E-state index in [9.17, 15) is 13.5 Å². The molecule has 2 aromatic carbocycles. The number of rotatable bonds is 1. The molecule has 0 aliphatic carbocycles. The SMILES string of the molecule is NS(=O)(=O)c1ccc2cc([O])ccc2c1. The lowest BCUT2D eigenvalue weighted by atomic mass is 10.1. The maximum Gasteiger partial charge on any atom is 0.238 e. The van der Waals surface area contributed by atoms with E-state index < -0.39 is 10.0 Å². The molecule has 2 N–H and O–H groups in total. The molecule has 0 unspecified atom stereocenters. The van der Waals surface area contributed by atoms with E-state index in [1.54, 1.807) is 12.1 Å². The normalized spacial score (nSPS) is 11.8. The third kappa shape index (κ3) is 1.93. The van der Waals surface area contributed by atoms with Gasteiger partial charge in [-0.25, -0.2) is 13.6 Å². The van der Waals surface area contributed by atoms with E-state index in [2.05, 4.69) is 0 Å². The van der Waals surface area contributed by atoms with Gasteiger partial charge in [0.2, 0.25) is 10.0 Å². The minimum atomic E-state index is -3.68. The van der Waals surface area contributed by atoms with Crippen molar-refractivity contribution in [2.24, 2.45) is 5.14 Å². The van der Waals surface area contributed by atoms with Crippen LogP contribution in [0, 0.1) is 0 Å². The first kappa shape index (κ1) is 9.95. The molecule has 0 aliphatic heterocycles. The Labute approximate surface area is 87.0 Å². The Morgan fingerprint density at radius 3 is 2.20 bits per heavy atom. The Bertz CT molecular complexity index is 620. The molecule has 0 aromatic heterocycles. The van der Waals surface area contributed by atoms with Crippen LogP contribution < -0.4 is 5.14 Å². The molecule has 0 fully saturated rings. The number of fused-ring (bicyclic) bond motifs is 1. The first-order chi connectivity index (χ1) is 6.97. The van der Waals surface area contributed by atoms with Crippen LogP contribution >= 0.6 is 0 Å². The third-order valence-corrected chi connectivity index (χ3v) is 3.02. The average Bonchev–Trinajstić information content (AvgIpc) is 2.15. The molecular weight excluding hydrogens is 214 g/mol. The third-order valence-electron chi connectivity index (χ3n) is 2.11. The summed E-state index contributed by atoms with van der Waals surface area (Å²) in [6.07, 6.45) is 0. The van der Waals surface area contributed by atoms with E-state index in [-0.39, 0.29) is 10.6 Å². The van der Waals surface area contributed by atoms with Gasteiger partial charge in [0.15, 0.2) is 5.75 Å². The Morgan fingerprint density at radius 2 is 1.53 bits per heavy atom. The zero-order valence-corrected chi connectivity index (χ0v) is 8.49. The lowest BCUT2D eigenvalue weighted by Crippen LogP contribution is -2.11. The Morgan fingerprint density at radius 1 is 0.933 bits per heavy atom. The highest BCUT2D eigenvalue weighted by molar-refractivity contribution is 7.89. The largest absolute Gasteiger partial charge is 0.290 e. The van der Waals surface area contributed by atoms with Crippen molar-refractivity contribution in [2.75, 3.05) is 0 Å². The summed E-state index contributed by atoms with van der Waals surface area (Å²) in [7, 11) is -3.68. The van der Waals surface area contributed by atoms with Gasteiger partial charge < -0.3 is 0 Å². The zero-order chi connectivity index (χ0) is 11.1. The van der Waals surface area contributed by atoms with Crippen molar-refractivity contribution in [3.05, 3.63) is 36.4 Å². The van der Waals surface area contributed by atoms with Crippen molar-refractivity contribution >= 4 is 20.8 Å². The Hall–Kier alpha value is -1.59. The van der Waals surface area contributed by atoms with Crippen LogP contribution in [-0.4, -0.2) is 8.42 Å². The Balaban J connectivity index is 2.73. The standard InChI is InChI=1S/C10H8NO3S/c11-15(13,14)10-4-2-7-5-9(12)3-1-8(7)6-10/h1-6H,(H2,11,13,14). The second-order valence-corrected chi connectivity index (χ2v) is 4.78. The second kappa shape index (κ2) is 3.22. The van der Waals surface area contributed by atoms with Crippen LogP contribution in [0.25, 0.3) is 10.8 Å². The fourth-order valence-electron chi connectivity index (χ4n) is 1.38. The van der Waals surface area contributed by atoms with E-state index in [1.165, 1.54) is 24.3 Å². The monoisotopic (exact) mass is 222 g/mol. The van der Waals surface area contributed by atoms with Gasteiger partial charge in [-0.3, -0.25) is 5.11 Å². The molecule has 0 bridgehead atoms. The predicted molar refractivity (Wildman–Crippen MR) is 55.5 cm³/mol. The lowest BCUT2D eigenvalue weighted by Gasteiger charge is -2.01. The van der Waals surface area contributed by atoms with E-state index in [1.807, 2.05) is 0 Å². The fraction of sp³-hybridized carbons (Fsp3) is 0. The molecular formula is C10H8NO3S. The van der Waals surface area contributed by atoms with Crippen molar-refractivity contribution in [1.82, 2.24) is 0 Å². The smallest absolute Gasteiger partial charge is 0.238 e. The molecule has 2 aromatic rings. The van der Waals surface area contributed by atoms with Gasteiger partial charge in [-0.15, -0.1) is 0 Å². The van der Waals surface area contributed by atoms with Crippen LogP contribution in [0.4, 0.5) is 0 Å². The van der Waals surface area contributed by atoms with E-state index in [4.69, 9.17) is 5.14 Å². The summed E-state index contributed by atoms with van der Waals surface area (Å²) in [5.74, 6) is -0.106. The van der Waals surface area contributed by atoms with Crippen molar-refractivity contribution < 1.29 is 13.5 Å². The van der Waals surface area contributed by atoms with Crippen molar-refractivity contribution in [2.45, 2.75) is 4.90 Å². The maximum absolute atomic E-state index is 11.1. The molecule has 0 atom stereocenters. The quantitative estimate of drug-likeness (QED) is 0.795. The highest BCUT2D eigenvalue weighted by atomic mass is 32.2. The molecule has 0 heterocycles. The molecule has 5 heteroatoms. The van der Waals surface area contributed by atoms with Crippen LogP contribution in [0.2, 0.25) is 0 Å². The molecule has 77 valence electrons. The van der Waals surface area contributed by atoms with Crippen LogP contribution in [-0.2, 0) is 15.1 Å². The summed E-state index contributed by atoms with van der Waals surface area (Å²) in [6, 6.07) is 8.81. The van der Waals surface area contributed by atoms with E-state index in [0.717, 1.165) is 0 Å². The van der Waals surface area contributed by atoms with Gasteiger partial charge in [0.05, 0.1) is 4.90 Å². The minimum absolute atomic E-state index is 0.0497. The molecule has 4 nitrogen and oxygen atoms in total. The first-order valence-corrected chi connectivity index (χ1v) is 5.75. The van der Waals surface area contributed by atoms with Gasteiger partial charge in [-0.05, 0) is 35.0 Å². The summed E-state index contributed by atoms with van der Waals surface area (Å²) in [6.45, 7) is 0. The van der Waals surface area contributed by atoms with Crippen molar-refractivity contribution in [3.8, 4) is 5.75 Å². The predicted octanol–water partition coefficient (Wildman–Crippen LogP) is 1.63. The van der Waals surface area contributed by atoms with Crippen molar-refractivity contribution in [3.63, 3.8) is 0 Å². The van der Waals surface area contributed by atoms with E-state index in [0.29, 0.717) is 10.8 Å². The summed E-state index contributed by atoms with van der Waals surface area (Å²) >= 11 is 0. The molecule has 0 aliphatic rings. The number of nitrogens with two attached hydrogens (primary N) is 1. The number of primary sulfonamides is 1. The highest BCUT2D eigenvalue weighted by Crippen LogP contribution is 2.22. The minimum Gasteiger partial charge on any atom is -0.290 e. The summed E-state index contributed by atoms with van der Waals surface area (Å²) < 4.78 is 22.1. The topological polar surface area (TPSA) is 80.1 Å². The van der Waals surface area contributed by atoms with Gasteiger partial charge in [0, 0.05) is 0 Å². The van der Waals surface area contributed by atoms with Gasteiger partial charge >= 0.3 is 0 Å². The number of hydrogen-bond acceptors (Lipinski definition) is 2. The summed E-state index contributed by atoms with van der Waals surface area (Å²) in [5, 5.41) is 17.4. The Kier molecular flexibility index (Phi) is 2.13. The van der Waals surface area contributed by atoms with Crippen molar-refractivity contribution in [1.29, 1.82) is 0 Å². The molecule has 15 heavy (non-hydrogen) atoms. The van der Waals surface area contributed by atoms with E-state index >= 15 is 0 Å². The van der Waals surface area contributed by atoms with Crippen LogP contribution in [0.5, 0.6) is 5.75 Å².